The van der Waals surface area contributed by atoms with Crippen molar-refractivity contribution in [2.75, 3.05) is 0 Å². The van der Waals surface area contributed by atoms with Crippen molar-refractivity contribution in [1.29, 1.82) is 0 Å². The minimum absolute atomic E-state index is 0.750. The van der Waals surface area contributed by atoms with Crippen LogP contribution in [0.1, 0.15) is 0 Å². The molecular weight excluding hydrogens is 220 g/mol. The summed E-state index contributed by atoms with van der Waals surface area (Å²) in [6, 6.07) is 0. The van der Waals surface area contributed by atoms with Gasteiger partial charge < -0.3 is 0 Å². The quantitative estimate of drug-likeness (QED) is 0.548. The van der Waals surface area contributed by atoms with Crippen LogP contribution in [0.5, 0.6) is 0 Å². The fraction of sp³-hybridized carbons (Fsp3) is 1.00. The fourth-order valence-electron chi connectivity index (χ4n) is 0. The molecule has 0 rings (SSSR count). The van der Waals surface area contributed by atoms with E-state index >= 15 is 0 Å². The molecule has 0 heterocycles. The molecule has 0 atom stereocenters. The van der Waals surface area contributed by atoms with Crippen LogP contribution in [0.15, 0.2) is 0 Å². The highest BCUT2D eigenvalue weighted by Gasteiger charge is 1.81. The normalized spacial score (nSPS) is 9.00. The van der Waals surface area contributed by atoms with E-state index in [1.807, 2.05) is 0 Å². The molecule has 0 aliphatic carbocycles. The van der Waals surface area contributed by atoms with Gasteiger partial charge in [-0.3, -0.25) is 0 Å². The summed E-state index contributed by atoms with van der Waals surface area (Å²) in [5.41, 5.74) is 0. The Morgan fingerprint density at radius 1 is 0.875 bits per heavy atom. The summed E-state index contributed by atoms with van der Waals surface area (Å²) in [4.78, 5) is 0. The predicted octanol–water partition coefficient (Wildman–Crippen LogP) is 3.70. The number of hydrogen-bond acceptors (Lipinski definition) is 0. The van der Waals surface area contributed by atoms with Crippen LogP contribution in [0.25, 0.3) is 0 Å². The lowest BCUT2D eigenvalue weighted by Gasteiger charge is -1.69. The molecule has 0 radical (unpaired) electrons. The largest absolute Gasteiger partial charge is 0.247 e. The molecule has 0 aromatic heterocycles. The highest BCUT2D eigenvalue weighted by molar-refractivity contribution is 6.63. The van der Waals surface area contributed by atoms with Gasteiger partial charge in [0, 0.05) is 0 Å². The van der Waals surface area contributed by atoms with Crippen molar-refractivity contribution in [3.63, 3.8) is 0 Å². The van der Waals surface area contributed by atoms with Crippen molar-refractivity contribution in [2.24, 2.45) is 0 Å². The molecule has 0 spiro atoms. The second-order valence-corrected chi connectivity index (χ2v) is 3.46. The van der Waals surface area contributed by atoms with Gasteiger partial charge in [-0.05, 0) is 0 Å². The fourth-order valence-corrected chi connectivity index (χ4v) is 0. The van der Waals surface area contributed by atoms with E-state index in [9.17, 15) is 4.39 Å². The first-order valence-electron chi connectivity index (χ1n) is 1.31. The van der Waals surface area contributed by atoms with Crippen molar-refractivity contribution in [2.45, 2.75) is 9.39 Å². The van der Waals surface area contributed by atoms with Gasteiger partial charge in [-0.2, -0.15) is 0 Å². The van der Waals surface area contributed by atoms with Crippen molar-refractivity contribution in [3.8, 4) is 0 Å². The Morgan fingerprint density at radius 3 is 0.875 bits per heavy atom. The van der Waals surface area contributed by atoms with Crippen LogP contribution in [0, 0.1) is 0 Å². The Balaban J connectivity index is 0. The number of hydrogen-bond donors (Lipinski definition) is 0. The van der Waals surface area contributed by atoms with Gasteiger partial charge in [0.1, 0.15) is 0 Å². The third-order valence-corrected chi connectivity index (χ3v) is 0. The summed E-state index contributed by atoms with van der Waals surface area (Å²) in [5, 5.41) is -1.72. The zero-order valence-electron chi connectivity index (χ0n) is 3.42. The molecule has 0 saturated heterocycles. The summed E-state index contributed by atoms with van der Waals surface area (Å²) in [6.07, 6.45) is 0. The van der Waals surface area contributed by atoms with E-state index < -0.39 is 9.39 Å². The lowest BCUT2D eigenvalue weighted by Crippen LogP contribution is -1.58. The summed E-state index contributed by atoms with van der Waals surface area (Å²) >= 11 is 23.2. The maximum Gasteiger partial charge on any atom is 0.247 e. The standard InChI is InChI=1S/CHCl3.CHCl2F/c2*2-1(3)4/h2*1H. The van der Waals surface area contributed by atoms with Crippen molar-refractivity contribution in [1.82, 2.24) is 0 Å². The van der Waals surface area contributed by atoms with E-state index in [2.05, 4.69) is 23.2 Å². The molecule has 0 fully saturated rings. The topological polar surface area (TPSA) is 0 Å². The van der Waals surface area contributed by atoms with Gasteiger partial charge in [0.05, 0.1) is 0 Å². The SMILES string of the molecule is ClC(Cl)Cl.FC(Cl)Cl. The van der Waals surface area contributed by atoms with Crippen LogP contribution in [0.4, 0.5) is 4.39 Å². The first-order valence-corrected chi connectivity index (χ1v) is 3.49. The second kappa shape index (κ2) is 8.38. The van der Waals surface area contributed by atoms with Crippen molar-refractivity contribution < 1.29 is 4.39 Å². The Kier molecular flexibility index (Phi) is 12.7. The van der Waals surface area contributed by atoms with E-state index in [1.165, 1.54) is 0 Å². The van der Waals surface area contributed by atoms with E-state index in [0.29, 0.717) is 0 Å². The molecule has 0 N–H and O–H groups in total. The van der Waals surface area contributed by atoms with Crippen LogP contribution in [0.3, 0.4) is 0 Å². The lowest BCUT2D eigenvalue weighted by molar-refractivity contribution is 0.553. The van der Waals surface area contributed by atoms with Crippen molar-refractivity contribution in [3.05, 3.63) is 0 Å². The third-order valence-electron chi connectivity index (χ3n) is 0. The van der Waals surface area contributed by atoms with Crippen LogP contribution in [-0.4, -0.2) is 9.39 Å². The molecule has 0 aliphatic heterocycles. The first kappa shape index (κ1) is 12.1. The molecule has 0 aliphatic rings. The van der Waals surface area contributed by atoms with Gasteiger partial charge in [0.2, 0.25) is 5.09 Å². The summed E-state index contributed by atoms with van der Waals surface area (Å²) < 4.78 is 9.78. The van der Waals surface area contributed by atoms with Gasteiger partial charge in [-0.1, -0.05) is 58.0 Å². The average Bonchev–Trinajstić information content (AvgIpc) is 1.25. The van der Waals surface area contributed by atoms with E-state index in [4.69, 9.17) is 34.8 Å². The monoisotopic (exact) mass is 220 g/mol. The lowest BCUT2D eigenvalue weighted by atomic mass is 11.8. The Morgan fingerprint density at radius 2 is 0.875 bits per heavy atom. The average molecular weight is 222 g/mol. The smallest absolute Gasteiger partial charge is 0.212 e. The van der Waals surface area contributed by atoms with Gasteiger partial charge in [-0.15, -0.1) is 0 Å². The van der Waals surface area contributed by atoms with Gasteiger partial charge in [0.25, 0.3) is 0 Å². The maximum atomic E-state index is 10.5. The van der Waals surface area contributed by atoms with Gasteiger partial charge in [0.15, 0.2) is 4.30 Å². The molecule has 52 valence electrons. The molecule has 0 saturated carbocycles. The van der Waals surface area contributed by atoms with E-state index in [0.717, 1.165) is 0 Å². The maximum absolute atomic E-state index is 10.5. The molecule has 8 heavy (non-hydrogen) atoms. The Bertz CT molecular complexity index is 25.9. The summed E-state index contributed by atoms with van der Waals surface area (Å²) in [5.74, 6) is 0. The second-order valence-electron chi connectivity index (χ2n) is 0.495. The van der Waals surface area contributed by atoms with Gasteiger partial charge in [-0.25, -0.2) is 4.39 Å². The predicted molar refractivity (Wildman–Crippen MR) is 37.9 cm³/mol. The minimum atomic E-state index is -1.72. The van der Waals surface area contributed by atoms with Crippen molar-refractivity contribution >= 4 is 58.0 Å². The van der Waals surface area contributed by atoms with Gasteiger partial charge >= 0.3 is 0 Å². The highest BCUT2D eigenvalue weighted by atomic mass is 35.6. The molecule has 6 heteroatoms. The number of halogens is 6. The first-order chi connectivity index (χ1) is 3.46. The zero-order valence-corrected chi connectivity index (χ0v) is 7.20. The molecule has 0 aromatic carbocycles. The Hall–Kier alpha value is 1.38. The minimum Gasteiger partial charge on any atom is -0.212 e. The zero-order chi connectivity index (χ0) is 7.15. The molecule has 0 bridgehead atoms. The van der Waals surface area contributed by atoms with Crippen LogP contribution in [-0.2, 0) is 0 Å². The molecular formula is C2H2Cl5F. The third kappa shape index (κ3) is 158. The van der Waals surface area contributed by atoms with Crippen LogP contribution >= 0.6 is 58.0 Å². The number of alkyl halides is 6. The summed E-state index contributed by atoms with van der Waals surface area (Å²) in [6.45, 7) is 0. The molecule has 0 amide bonds. The molecule has 0 aromatic rings. The van der Waals surface area contributed by atoms with E-state index in [1.54, 1.807) is 0 Å². The molecule has 0 nitrogen and oxygen atoms in total. The molecule has 0 unspecified atom stereocenters. The van der Waals surface area contributed by atoms with Crippen LogP contribution in [0.2, 0.25) is 0 Å². The van der Waals surface area contributed by atoms with E-state index in [-0.39, 0.29) is 0 Å². The van der Waals surface area contributed by atoms with Crippen LogP contribution < -0.4 is 0 Å². The number of rotatable bonds is 0. The Labute approximate surface area is 71.8 Å². The summed E-state index contributed by atoms with van der Waals surface area (Å²) in [7, 11) is 0. The highest BCUT2D eigenvalue weighted by Crippen LogP contribution is 2.03.